The maximum Gasteiger partial charge on any atom is 0.269 e. The predicted octanol–water partition coefficient (Wildman–Crippen LogP) is 1.77. The number of nitrogens with one attached hydrogen (secondary N) is 1. The maximum absolute atomic E-state index is 13.6. The number of nitrogens with zero attached hydrogens (tertiary/aromatic N) is 1. The van der Waals surface area contributed by atoms with Crippen molar-refractivity contribution in [3.05, 3.63) is 52.1 Å². The zero-order chi connectivity index (χ0) is 14.3. The van der Waals surface area contributed by atoms with Crippen molar-refractivity contribution in [2.24, 2.45) is 5.73 Å². The standard InChI is InChI=1S/C14H14FN3O2/c1-7-2-3-8(4-10(7)15)12-5-9-11(6-20-12)17-18-13(9)14(16)19/h2-4,12H,5-6H2,1H3,(H2,16,19)(H,17,18). The van der Waals surface area contributed by atoms with Crippen LogP contribution in [0.15, 0.2) is 18.2 Å². The van der Waals surface area contributed by atoms with Gasteiger partial charge in [0.2, 0.25) is 0 Å². The highest BCUT2D eigenvalue weighted by Gasteiger charge is 2.27. The zero-order valence-electron chi connectivity index (χ0n) is 10.9. The summed E-state index contributed by atoms with van der Waals surface area (Å²) in [6.07, 6.45) is 0.153. The molecule has 104 valence electrons. The normalized spacial score (nSPS) is 17.8. The van der Waals surface area contributed by atoms with Gasteiger partial charge in [-0.15, -0.1) is 0 Å². The minimum Gasteiger partial charge on any atom is -0.367 e. The van der Waals surface area contributed by atoms with Gasteiger partial charge in [0.1, 0.15) is 5.82 Å². The minimum atomic E-state index is -0.571. The van der Waals surface area contributed by atoms with Crippen molar-refractivity contribution >= 4 is 5.91 Å². The summed E-state index contributed by atoms with van der Waals surface area (Å²) < 4.78 is 19.3. The maximum atomic E-state index is 13.6. The molecule has 0 radical (unpaired) electrons. The van der Waals surface area contributed by atoms with Gasteiger partial charge in [-0.05, 0) is 24.1 Å². The first-order valence-electron chi connectivity index (χ1n) is 6.30. The smallest absolute Gasteiger partial charge is 0.269 e. The van der Waals surface area contributed by atoms with E-state index in [0.29, 0.717) is 18.6 Å². The Labute approximate surface area is 114 Å². The number of aryl methyl sites for hydroxylation is 1. The van der Waals surface area contributed by atoms with Gasteiger partial charge >= 0.3 is 0 Å². The molecule has 1 unspecified atom stereocenters. The first-order chi connectivity index (χ1) is 9.56. The molecule has 1 amide bonds. The molecule has 2 heterocycles. The largest absolute Gasteiger partial charge is 0.367 e. The van der Waals surface area contributed by atoms with E-state index in [1.807, 2.05) is 6.07 Å². The Morgan fingerprint density at radius 3 is 3.05 bits per heavy atom. The van der Waals surface area contributed by atoms with Crippen molar-refractivity contribution in [2.75, 3.05) is 0 Å². The van der Waals surface area contributed by atoms with E-state index in [2.05, 4.69) is 10.2 Å². The number of primary amides is 1. The van der Waals surface area contributed by atoms with Gasteiger partial charge in [0.05, 0.1) is 18.4 Å². The second-order valence-electron chi connectivity index (χ2n) is 4.91. The highest BCUT2D eigenvalue weighted by molar-refractivity contribution is 5.92. The van der Waals surface area contributed by atoms with Crippen molar-refractivity contribution in [1.82, 2.24) is 10.2 Å². The summed E-state index contributed by atoms with van der Waals surface area (Å²) in [5.41, 5.74) is 8.37. The van der Waals surface area contributed by atoms with Crippen molar-refractivity contribution in [3.63, 3.8) is 0 Å². The van der Waals surface area contributed by atoms with Crippen LogP contribution in [-0.2, 0) is 17.8 Å². The number of rotatable bonds is 2. The van der Waals surface area contributed by atoms with Crippen molar-refractivity contribution < 1.29 is 13.9 Å². The predicted molar refractivity (Wildman–Crippen MR) is 69.5 cm³/mol. The lowest BCUT2D eigenvalue weighted by Gasteiger charge is -2.23. The van der Waals surface area contributed by atoms with Gasteiger partial charge in [-0.25, -0.2) is 4.39 Å². The second kappa shape index (κ2) is 4.72. The number of benzene rings is 1. The molecule has 1 aliphatic rings. The van der Waals surface area contributed by atoms with E-state index in [-0.39, 0.29) is 17.6 Å². The molecule has 1 aliphatic heterocycles. The minimum absolute atomic E-state index is 0.237. The van der Waals surface area contributed by atoms with Crippen LogP contribution in [0.4, 0.5) is 4.39 Å². The molecule has 1 aromatic carbocycles. The quantitative estimate of drug-likeness (QED) is 0.876. The molecular weight excluding hydrogens is 261 g/mol. The molecule has 0 aliphatic carbocycles. The lowest BCUT2D eigenvalue weighted by molar-refractivity contribution is 0.0252. The van der Waals surface area contributed by atoms with Gasteiger partial charge in [-0.3, -0.25) is 9.89 Å². The number of carbonyl (C=O) groups excluding carboxylic acids is 1. The number of nitrogens with two attached hydrogens (primary N) is 1. The number of hydrogen-bond donors (Lipinski definition) is 2. The van der Waals surface area contributed by atoms with Crippen LogP contribution in [0.5, 0.6) is 0 Å². The molecule has 5 nitrogen and oxygen atoms in total. The van der Waals surface area contributed by atoms with Crippen LogP contribution < -0.4 is 5.73 Å². The fourth-order valence-electron chi connectivity index (χ4n) is 2.40. The third kappa shape index (κ3) is 2.08. The van der Waals surface area contributed by atoms with Gasteiger partial charge in [0, 0.05) is 12.0 Å². The zero-order valence-corrected chi connectivity index (χ0v) is 10.9. The summed E-state index contributed by atoms with van der Waals surface area (Å²) in [4.78, 5) is 11.3. The monoisotopic (exact) mass is 275 g/mol. The highest BCUT2D eigenvalue weighted by atomic mass is 19.1. The summed E-state index contributed by atoms with van der Waals surface area (Å²) in [7, 11) is 0. The molecular formula is C14H14FN3O2. The van der Waals surface area contributed by atoms with Crippen molar-refractivity contribution in [2.45, 2.75) is 26.1 Å². The molecule has 0 spiro atoms. The van der Waals surface area contributed by atoms with E-state index in [1.165, 1.54) is 6.07 Å². The van der Waals surface area contributed by atoms with Crippen LogP contribution in [0, 0.1) is 12.7 Å². The Morgan fingerprint density at radius 2 is 2.35 bits per heavy atom. The topological polar surface area (TPSA) is 81.0 Å². The SMILES string of the molecule is Cc1ccc(C2Cc3c(C(N)=O)n[nH]c3CO2)cc1F. The van der Waals surface area contributed by atoms with Crippen molar-refractivity contribution in [3.8, 4) is 0 Å². The van der Waals surface area contributed by atoms with Crippen LogP contribution in [0.25, 0.3) is 0 Å². The number of ether oxygens (including phenoxy) is 1. The summed E-state index contributed by atoms with van der Waals surface area (Å²) in [5, 5.41) is 6.65. The van der Waals surface area contributed by atoms with Crippen LogP contribution in [0.3, 0.4) is 0 Å². The average molecular weight is 275 g/mol. The number of H-pyrrole nitrogens is 1. The Bertz CT molecular complexity index is 681. The van der Waals surface area contributed by atoms with Gasteiger partial charge in [-0.2, -0.15) is 5.10 Å². The molecule has 0 saturated carbocycles. The molecule has 1 atom stereocenters. The fraction of sp³-hybridized carbons (Fsp3) is 0.286. The number of carbonyl (C=O) groups is 1. The van der Waals surface area contributed by atoms with Crippen molar-refractivity contribution in [1.29, 1.82) is 0 Å². The third-order valence-corrected chi connectivity index (χ3v) is 3.57. The van der Waals surface area contributed by atoms with E-state index >= 15 is 0 Å². The van der Waals surface area contributed by atoms with Crippen LogP contribution in [-0.4, -0.2) is 16.1 Å². The molecule has 6 heteroatoms. The number of aromatic amines is 1. The van der Waals surface area contributed by atoms with E-state index < -0.39 is 5.91 Å². The summed E-state index contributed by atoms with van der Waals surface area (Å²) in [6.45, 7) is 2.01. The second-order valence-corrected chi connectivity index (χ2v) is 4.91. The molecule has 0 fully saturated rings. The average Bonchev–Trinajstić information content (AvgIpc) is 2.85. The van der Waals surface area contributed by atoms with Gasteiger partial charge in [0.15, 0.2) is 5.69 Å². The van der Waals surface area contributed by atoms with Gasteiger partial charge < -0.3 is 10.5 Å². The Balaban J connectivity index is 1.93. The number of fused-ring (bicyclic) bond motifs is 1. The van der Waals surface area contributed by atoms with E-state index in [1.54, 1.807) is 13.0 Å². The Hall–Kier alpha value is -2.21. The third-order valence-electron chi connectivity index (χ3n) is 3.57. The van der Waals surface area contributed by atoms with Gasteiger partial charge in [0.25, 0.3) is 5.91 Å². The molecule has 20 heavy (non-hydrogen) atoms. The fourth-order valence-corrected chi connectivity index (χ4v) is 2.40. The highest BCUT2D eigenvalue weighted by Crippen LogP contribution is 2.31. The van der Waals surface area contributed by atoms with E-state index in [9.17, 15) is 9.18 Å². The first-order valence-corrected chi connectivity index (χ1v) is 6.30. The molecule has 0 bridgehead atoms. The molecule has 3 N–H and O–H groups in total. The van der Waals surface area contributed by atoms with E-state index in [4.69, 9.17) is 10.5 Å². The number of amides is 1. The molecule has 3 rings (SSSR count). The Morgan fingerprint density at radius 1 is 1.55 bits per heavy atom. The lowest BCUT2D eigenvalue weighted by Crippen LogP contribution is -2.19. The molecule has 2 aromatic rings. The lowest BCUT2D eigenvalue weighted by atomic mass is 9.96. The van der Waals surface area contributed by atoms with Crippen LogP contribution >= 0.6 is 0 Å². The molecule has 0 saturated heterocycles. The summed E-state index contributed by atoms with van der Waals surface area (Å²) >= 11 is 0. The Kier molecular flexibility index (Phi) is 3.02. The number of hydrogen-bond acceptors (Lipinski definition) is 3. The van der Waals surface area contributed by atoms with Crippen LogP contribution in [0.2, 0.25) is 0 Å². The summed E-state index contributed by atoms with van der Waals surface area (Å²) in [6, 6.07) is 5.01. The summed E-state index contributed by atoms with van der Waals surface area (Å²) in [5.74, 6) is -0.836. The van der Waals surface area contributed by atoms with Gasteiger partial charge in [-0.1, -0.05) is 12.1 Å². The molecule has 1 aromatic heterocycles. The number of aromatic nitrogens is 2. The van der Waals surface area contributed by atoms with E-state index in [0.717, 1.165) is 16.8 Å². The van der Waals surface area contributed by atoms with Crippen LogP contribution in [0.1, 0.15) is 39.0 Å². The number of halogens is 1. The first kappa shape index (κ1) is 12.8.